The van der Waals surface area contributed by atoms with Crippen molar-refractivity contribution in [1.82, 2.24) is 9.91 Å². The van der Waals surface area contributed by atoms with E-state index in [1.807, 2.05) is 11.9 Å². The molecule has 0 fully saturated rings. The first-order valence-electron chi connectivity index (χ1n) is 4.53. The summed E-state index contributed by atoms with van der Waals surface area (Å²) in [4.78, 5) is 1.64. The Morgan fingerprint density at radius 3 is 2.36 bits per heavy atom. The monoisotopic (exact) mass is 257 g/mol. The van der Waals surface area contributed by atoms with Crippen molar-refractivity contribution in [3.8, 4) is 0 Å². The molecular weight excluding hydrogens is 244 g/mol. The summed E-state index contributed by atoms with van der Waals surface area (Å²) in [5.41, 5.74) is 0. The van der Waals surface area contributed by atoms with E-state index in [4.69, 9.17) is 34.8 Å². The summed E-state index contributed by atoms with van der Waals surface area (Å²) in [5, 5.41) is 6.09. The Balaban J connectivity index is 2.84. The van der Waals surface area contributed by atoms with Crippen LogP contribution in [-0.2, 0) is 0 Å². The predicted molar refractivity (Wildman–Crippen MR) is 61.6 cm³/mol. The highest BCUT2D eigenvalue weighted by atomic mass is 35.6. The number of hydrazone groups is 1. The molecular formula is C8H14Cl3N3. The van der Waals surface area contributed by atoms with Gasteiger partial charge in [-0.2, -0.15) is 5.10 Å². The minimum Gasteiger partial charge on any atom is -0.294 e. The van der Waals surface area contributed by atoms with Gasteiger partial charge in [-0.3, -0.25) is 9.91 Å². The maximum absolute atomic E-state index is 5.84. The molecule has 0 aliphatic carbocycles. The van der Waals surface area contributed by atoms with Gasteiger partial charge in [-0.1, -0.05) is 48.7 Å². The van der Waals surface area contributed by atoms with E-state index in [1.165, 1.54) is 0 Å². The zero-order chi connectivity index (χ0) is 10.9. The Labute approximate surface area is 99.6 Å². The van der Waals surface area contributed by atoms with E-state index in [9.17, 15) is 0 Å². The summed E-state index contributed by atoms with van der Waals surface area (Å²) < 4.78 is -1.43. The molecule has 1 aliphatic heterocycles. The van der Waals surface area contributed by atoms with Crippen LogP contribution in [0.25, 0.3) is 0 Å². The molecule has 14 heavy (non-hydrogen) atoms. The van der Waals surface area contributed by atoms with Crippen molar-refractivity contribution in [3.63, 3.8) is 0 Å². The molecule has 1 aliphatic rings. The molecule has 0 radical (unpaired) electrons. The maximum atomic E-state index is 5.84. The van der Waals surface area contributed by atoms with Crippen molar-refractivity contribution < 1.29 is 0 Å². The summed E-state index contributed by atoms with van der Waals surface area (Å²) in [6, 6.07) is 0. The maximum Gasteiger partial charge on any atom is 0.270 e. The molecule has 3 nitrogen and oxygen atoms in total. The number of hydrogen-bond donors (Lipinski definition) is 0. The number of rotatable bonds is 2. The molecule has 0 bridgehead atoms. The zero-order valence-corrected chi connectivity index (χ0v) is 10.7. The van der Waals surface area contributed by atoms with E-state index in [0.29, 0.717) is 5.92 Å². The fourth-order valence-corrected chi connectivity index (χ4v) is 1.98. The Morgan fingerprint density at radius 1 is 1.43 bits per heavy atom. The summed E-state index contributed by atoms with van der Waals surface area (Å²) in [6.45, 7) is 6.97. The van der Waals surface area contributed by atoms with Gasteiger partial charge in [0.25, 0.3) is 3.92 Å². The molecule has 0 amide bonds. The van der Waals surface area contributed by atoms with Crippen molar-refractivity contribution in [2.75, 3.05) is 6.54 Å². The van der Waals surface area contributed by atoms with Crippen molar-refractivity contribution in [3.05, 3.63) is 0 Å². The highest BCUT2D eigenvalue weighted by Gasteiger charge is 2.40. The molecule has 1 atom stereocenters. The lowest BCUT2D eigenvalue weighted by atomic mass is 10.1. The van der Waals surface area contributed by atoms with Gasteiger partial charge in [0, 0.05) is 6.54 Å². The van der Waals surface area contributed by atoms with Crippen molar-refractivity contribution >= 4 is 41.1 Å². The lowest BCUT2D eigenvalue weighted by Gasteiger charge is -2.36. The number of halogens is 3. The SMILES string of the molecule is CCN1N=CN(C(Cl)(Cl)Cl)C1C(C)C. The molecule has 0 N–H and O–H groups in total. The first-order valence-corrected chi connectivity index (χ1v) is 5.67. The zero-order valence-electron chi connectivity index (χ0n) is 8.41. The molecule has 0 aromatic heterocycles. The van der Waals surface area contributed by atoms with Crippen molar-refractivity contribution in [2.24, 2.45) is 11.0 Å². The normalized spacial score (nSPS) is 22.6. The first-order chi connectivity index (χ1) is 6.38. The smallest absolute Gasteiger partial charge is 0.270 e. The van der Waals surface area contributed by atoms with Crippen LogP contribution < -0.4 is 0 Å². The molecule has 0 saturated heterocycles. The fourth-order valence-electron chi connectivity index (χ4n) is 1.55. The Kier molecular flexibility index (Phi) is 3.78. The van der Waals surface area contributed by atoms with E-state index in [-0.39, 0.29) is 6.17 Å². The largest absolute Gasteiger partial charge is 0.294 e. The van der Waals surface area contributed by atoms with Gasteiger partial charge in [0.1, 0.15) is 12.5 Å². The summed E-state index contributed by atoms with van der Waals surface area (Å²) in [7, 11) is 0. The van der Waals surface area contributed by atoms with E-state index in [2.05, 4.69) is 18.9 Å². The summed E-state index contributed by atoms with van der Waals surface area (Å²) in [6.07, 6.45) is 1.61. The quantitative estimate of drug-likeness (QED) is 0.560. The first kappa shape index (κ1) is 12.2. The molecule has 0 saturated carbocycles. The van der Waals surface area contributed by atoms with E-state index >= 15 is 0 Å². The molecule has 82 valence electrons. The van der Waals surface area contributed by atoms with Gasteiger partial charge in [0.15, 0.2) is 0 Å². The third-order valence-corrected chi connectivity index (χ3v) is 2.71. The Bertz CT molecular complexity index is 224. The topological polar surface area (TPSA) is 18.8 Å². The van der Waals surface area contributed by atoms with E-state index < -0.39 is 3.92 Å². The van der Waals surface area contributed by atoms with Gasteiger partial charge in [-0.25, -0.2) is 0 Å². The molecule has 0 spiro atoms. The standard InChI is InChI=1S/C8H14Cl3N3/c1-4-14-7(6(2)3)13(5-12-14)8(9,10)11/h5-7H,4H2,1-3H3. The summed E-state index contributed by atoms with van der Waals surface area (Å²) in [5.74, 6) is 0.341. The highest BCUT2D eigenvalue weighted by Crippen LogP contribution is 2.36. The van der Waals surface area contributed by atoms with Crippen LogP contribution in [0.1, 0.15) is 20.8 Å². The average molecular weight is 259 g/mol. The average Bonchev–Trinajstić information content (AvgIpc) is 2.45. The molecule has 6 heteroatoms. The van der Waals surface area contributed by atoms with Crippen LogP contribution in [0.3, 0.4) is 0 Å². The fraction of sp³-hybridized carbons (Fsp3) is 0.875. The molecule has 1 rings (SSSR count). The van der Waals surface area contributed by atoms with Crippen LogP contribution in [0.15, 0.2) is 5.10 Å². The van der Waals surface area contributed by atoms with Gasteiger partial charge in [-0.15, -0.1) is 0 Å². The van der Waals surface area contributed by atoms with Gasteiger partial charge in [-0.05, 0) is 12.8 Å². The summed E-state index contributed by atoms with van der Waals surface area (Å²) >= 11 is 17.5. The minimum absolute atomic E-state index is 0.0208. The van der Waals surface area contributed by atoms with Crippen molar-refractivity contribution in [2.45, 2.75) is 30.9 Å². The van der Waals surface area contributed by atoms with Crippen LogP contribution in [0.2, 0.25) is 0 Å². The second-order valence-corrected chi connectivity index (χ2v) is 5.74. The van der Waals surface area contributed by atoms with Crippen LogP contribution in [0.4, 0.5) is 0 Å². The number of nitrogens with zero attached hydrogens (tertiary/aromatic N) is 3. The third kappa shape index (κ3) is 2.38. The Hall–Kier alpha value is 0.140. The van der Waals surface area contributed by atoms with Gasteiger partial charge in [0.05, 0.1) is 0 Å². The van der Waals surface area contributed by atoms with E-state index in [1.54, 1.807) is 11.2 Å². The number of alkyl halides is 3. The molecule has 1 heterocycles. The van der Waals surface area contributed by atoms with Crippen LogP contribution in [0.5, 0.6) is 0 Å². The predicted octanol–water partition coefficient (Wildman–Crippen LogP) is 2.88. The lowest BCUT2D eigenvalue weighted by molar-refractivity contribution is 0.0928. The molecule has 1 unspecified atom stereocenters. The minimum atomic E-state index is -1.43. The van der Waals surface area contributed by atoms with Crippen LogP contribution in [-0.4, -0.2) is 32.9 Å². The second-order valence-electron chi connectivity index (χ2n) is 3.52. The van der Waals surface area contributed by atoms with Crippen molar-refractivity contribution in [1.29, 1.82) is 0 Å². The molecule has 0 aromatic carbocycles. The Morgan fingerprint density at radius 2 is 2.00 bits per heavy atom. The molecule has 0 aromatic rings. The van der Waals surface area contributed by atoms with Gasteiger partial charge in [0.2, 0.25) is 0 Å². The van der Waals surface area contributed by atoms with Crippen LogP contribution in [0, 0.1) is 5.92 Å². The van der Waals surface area contributed by atoms with E-state index in [0.717, 1.165) is 6.54 Å². The van der Waals surface area contributed by atoms with Gasteiger partial charge >= 0.3 is 0 Å². The third-order valence-electron chi connectivity index (χ3n) is 2.13. The highest BCUT2D eigenvalue weighted by molar-refractivity contribution is 6.67. The lowest BCUT2D eigenvalue weighted by Crippen LogP contribution is -2.48. The second kappa shape index (κ2) is 4.33. The number of hydrogen-bond acceptors (Lipinski definition) is 3. The van der Waals surface area contributed by atoms with Crippen LogP contribution >= 0.6 is 34.8 Å². The van der Waals surface area contributed by atoms with Gasteiger partial charge < -0.3 is 0 Å².